The van der Waals surface area contributed by atoms with Gasteiger partial charge in [-0.1, -0.05) is 42.8 Å². The zero-order valence-electron chi connectivity index (χ0n) is 16.2. The van der Waals surface area contributed by atoms with Crippen LogP contribution < -0.4 is 10.2 Å². The summed E-state index contributed by atoms with van der Waals surface area (Å²) in [6.45, 7) is 6.64. The van der Waals surface area contributed by atoms with E-state index in [9.17, 15) is 4.79 Å². The second kappa shape index (κ2) is 9.27. The zero-order chi connectivity index (χ0) is 19.2. The summed E-state index contributed by atoms with van der Waals surface area (Å²) in [5, 5.41) is 3.83. The molecule has 1 aliphatic rings. The van der Waals surface area contributed by atoms with Gasteiger partial charge in [0, 0.05) is 30.2 Å². The fraction of sp³-hybridized carbons (Fsp3) is 0.435. The molecule has 144 valence electrons. The predicted octanol–water partition coefficient (Wildman–Crippen LogP) is 5.39. The molecule has 0 bridgehead atoms. The Hall–Kier alpha value is -2.00. The Morgan fingerprint density at radius 2 is 1.89 bits per heavy atom. The van der Waals surface area contributed by atoms with Gasteiger partial charge in [-0.15, -0.1) is 0 Å². The van der Waals surface area contributed by atoms with Crippen LogP contribution in [0.4, 0.5) is 5.69 Å². The van der Waals surface area contributed by atoms with Gasteiger partial charge in [0.2, 0.25) is 5.91 Å². The van der Waals surface area contributed by atoms with Gasteiger partial charge in [-0.05, 0) is 67.5 Å². The molecule has 1 heterocycles. The van der Waals surface area contributed by atoms with Gasteiger partial charge in [0.15, 0.2) is 0 Å². The van der Waals surface area contributed by atoms with Crippen molar-refractivity contribution in [1.29, 1.82) is 0 Å². The summed E-state index contributed by atoms with van der Waals surface area (Å²) in [5.41, 5.74) is 3.55. The van der Waals surface area contributed by atoms with Gasteiger partial charge in [-0.25, -0.2) is 0 Å². The van der Waals surface area contributed by atoms with Crippen molar-refractivity contribution in [3.8, 4) is 0 Å². The van der Waals surface area contributed by atoms with E-state index in [1.807, 2.05) is 31.2 Å². The van der Waals surface area contributed by atoms with Crippen LogP contribution in [0.2, 0.25) is 5.02 Å². The van der Waals surface area contributed by atoms with Crippen LogP contribution >= 0.6 is 11.6 Å². The van der Waals surface area contributed by atoms with Crippen LogP contribution in [-0.2, 0) is 11.2 Å². The van der Waals surface area contributed by atoms with E-state index < -0.39 is 0 Å². The standard InChI is InChI=1S/C23H29ClN2O/c1-17-4-3-15-26(16-17)22-12-8-20(9-13-22)18(2)25-23(27)14-7-19-5-10-21(24)11-6-19/h5-6,8-13,17-18H,3-4,7,14-16H2,1-2H3,(H,25,27)/t17-,18-/m1/s1. The van der Waals surface area contributed by atoms with E-state index >= 15 is 0 Å². The molecule has 0 aromatic heterocycles. The highest BCUT2D eigenvalue weighted by Gasteiger charge is 2.17. The Bertz CT molecular complexity index is 742. The van der Waals surface area contributed by atoms with E-state index in [2.05, 4.69) is 41.4 Å². The summed E-state index contributed by atoms with van der Waals surface area (Å²) in [6.07, 6.45) is 3.80. The zero-order valence-corrected chi connectivity index (χ0v) is 17.0. The number of piperidine rings is 1. The highest BCUT2D eigenvalue weighted by atomic mass is 35.5. The molecule has 0 aliphatic carbocycles. The number of carbonyl (C=O) groups is 1. The Morgan fingerprint density at radius 1 is 1.19 bits per heavy atom. The molecule has 2 atom stereocenters. The van der Waals surface area contributed by atoms with E-state index in [0.29, 0.717) is 6.42 Å². The molecule has 2 aromatic rings. The molecule has 1 aliphatic heterocycles. The van der Waals surface area contributed by atoms with Gasteiger partial charge >= 0.3 is 0 Å². The third kappa shape index (κ3) is 5.74. The van der Waals surface area contributed by atoms with Crippen molar-refractivity contribution in [2.75, 3.05) is 18.0 Å². The number of hydrogen-bond donors (Lipinski definition) is 1. The lowest BCUT2D eigenvalue weighted by molar-refractivity contribution is -0.121. The van der Waals surface area contributed by atoms with E-state index in [1.54, 1.807) is 0 Å². The summed E-state index contributed by atoms with van der Waals surface area (Å²) in [5.74, 6) is 0.837. The van der Waals surface area contributed by atoms with E-state index in [4.69, 9.17) is 11.6 Å². The summed E-state index contributed by atoms with van der Waals surface area (Å²) < 4.78 is 0. The Labute approximate surface area is 167 Å². The smallest absolute Gasteiger partial charge is 0.220 e. The molecule has 1 amide bonds. The number of amides is 1. The molecule has 1 fully saturated rings. The number of halogens is 1. The largest absolute Gasteiger partial charge is 0.371 e. The lowest BCUT2D eigenvalue weighted by Gasteiger charge is -2.33. The third-order valence-electron chi connectivity index (χ3n) is 5.35. The minimum atomic E-state index is 0.0112. The summed E-state index contributed by atoms with van der Waals surface area (Å²) in [6, 6.07) is 16.3. The maximum Gasteiger partial charge on any atom is 0.220 e. The van der Waals surface area contributed by atoms with Crippen molar-refractivity contribution in [3.63, 3.8) is 0 Å². The third-order valence-corrected chi connectivity index (χ3v) is 5.60. The van der Waals surface area contributed by atoms with Gasteiger partial charge < -0.3 is 10.2 Å². The lowest BCUT2D eigenvalue weighted by atomic mass is 9.99. The summed E-state index contributed by atoms with van der Waals surface area (Å²) in [4.78, 5) is 14.7. The van der Waals surface area contributed by atoms with Crippen LogP contribution in [0.25, 0.3) is 0 Å². The van der Waals surface area contributed by atoms with Crippen LogP contribution in [0.1, 0.15) is 50.3 Å². The Balaban J connectivity index is 1.50. The molecular formula is C23H29ClN2O. The highest BCUT2D eigenvalue weighted by Crippen LogP contribution is 2.24. The summed E-state index contributed by atoms with van der Waals surface area (Å²) in [7, 11) is 0. The average molecular weight is 385 g/mol. The first-order valence-corrected chi connectivity index (χ1v) is 10.3. The van der Waals surface area contributed by atoms with Crippen molar-refractivity contribution in [1.82, 2.24) is 5.32 Å². The maximum atomic E-state index is 12.3. The topological polar surface area (TPSA) is 32.3 Å². The first-order valence-electron chi connectivity index (χ1n) is 9.90. The van der Waals surface area contributed by atoms with E-state index in [0.717, 1.165) is 41.6 Å². The van der Waals surface area contributed by atoms with Crippen molar-refractivity contribution >= 4 is 23.2 Å². The molecule has 0 saturated carbocycles. The Morgan fingerprint density at radius 3 is 2.56 bits per heavy atom. The fourth-order valence-electron chi connectivity index (χ4n) is 3.70. The molecule has 0 radical (unpaired) electrons. The molecule has 3 rings (SSSR count). The molecule has 0 spiro atoms. The van der Waals surface area contributed by atoms with Gasteiger partial charge in [0.1, 0.15) is 0 Å². The minimum absolute atomic E-state index is 0.0112. The minimum Gasteiger partial charge on any atom is -0.371 e. The number of carbonyl (C=O) groups excluding carboxylic acids is 1. The molecule has 4 heteroatoms. The molecule has 27 heavy (non-hydrogen) atoms. The average Bonchev–Trinajstić information content (AvgIpc) is 2.67. The van der Waals surface area contributed by atoms with Gasteiger partial charge in [0.05, 0.1) is 6.04 Å². The first kappa shape index (κ1) is 19.8. The van der Waals surface area contributed by atoms with Crippen LogP contribution in [0.15, 0.2) is 48.5 Å². The highest BCUT2D eigenvalue weighted by molar-refractivity contribution is 6.30. The number of aryl methyl sites for hydroxylation is 1. The van der Waals surface area contributed by atoms with Gasteiger partial charge in [0.25, 0.3) is 0 Å². The maximum absolute atomic E-state index is 12.3. The normalized spacial score (nSPS) is 18.2. The van der Waals surface area contributed by atoms with Crippen LogP contribution in [0, 0.1) is 5.92 Å². The number of anilines is 1. The number of hydrogen-bond acceptors (Lipinski definition) is 2. The van der Waals surface area contributed by atoms with Crippen LogP contribution in [0.3, 0.4) is 0 Å². The molecule has 1 saturated heterocycles. The van der Waals surface area contributed by atoms with E-state index in [1.165, 1.54) is 18.5 Å². The fourth-order valence-corrected chi connectivity index (χ4v) is 3.83. The predicted molar refractivity (Wildman–Crippen MR) is 113 cm³/mol. The SMILES string of the molecule is C[C@@H]1CCCN(c2ccc([C@@H](C)NC(=O)CCc3ccc(Cl)cc3)cc2)C1. The van der Waals surface area contributed by atoms with Crippen molar-refractivity contribution < 1.29 is 4.79 Å². The number of rotatable bonds is 6. The van der Waals surface area contributed by atoms with Gasteiger partial charge in [-0.3, -0.25) is 4.79 Å². The Kier molecular flexibility index (Phi) is 6.78. The van der Waals surface area contributed by atoms with Crippen molar-refractivity contribution in [3.05, 3.63) is 64.7 Å². The molecular weight excluding hydrogens is 356 g/mol. The summed E-state index contributed by atoms with van der Waals surface area (Å²) >= 11 is 5.90. The van der Waals surface area contributed by atoms with Crippen LogP contribution in [-0.4, -0.2) is 19.0 Å². The quantitative estimate of drug-likeness (QED) is 0.724. The van der Waals surface area contributed by atoms with Crippen molar-refractivity contribution in [2.45, 2.75) is 45.6 Å². The lowest BCUT2D eigenvalue weighted by Crippen LogP contribution is -2.34. The van der Waals surface area contributed by atoms with Crippen LogP contribution in [0.5, 0.6) is 0 Å². The monoisotopic (exact) mass is 384 g/mol. The number of benzene rings is 2. The van der Waals surface area contributed by atoms with Gasteiger partial charge in [-0.2, -0.15) is 0 Å². The molecule has 2 aromatic carbocycles. The number of nitrogens with one attached hydrogen (secondary N) is 1. The molecule has 3 nitrogen and oxygen atoms in total. The number of nitrogens with zero attached hydrogens (tertiary/aromatic N) is 1. The van der Waals surface area contributed by atoms with E-state index in [-0.39, 0.29) is 11.9 Å². The van der Waals surface area contributed by atoms with Crippen molar-refractivity contribution in [2.24, 2.45) is 5.92 Å². The first-order chi connectivity index (χ1) is 13.0. The molecule has 1 N–H and O–H groups in total. The molecule has 0 unspecified atom stereocenters. The second-order valence-corrected chi connectivity index (χ2v) is 8.14. The second-order valence-electron chi connectivity index (χ2n) is 7.70.